The van der Waals surface area contributed by atoms with E-state index in [9.17, 15) is 46.7 Å². The van der Waals surface area contributed by atoms with E-state index in [2.05, 4.69) is 136 Å². The van der Waals surface area contributed by atoms with E-state index in [1.807, 2.05) is 36.4 Å². The Morgan fingerprint density at radius 1 is 0.468 bits per heavy atom. The second kappa shape index (κ2) is 35.4. The number of H-pyrrole nitrogens is 2. The first kappa shape index (κ1) is 83.7. The third-order valence-corrected chi connectivity index (χ3v) is 28.5. The maximum Gasteiger partial charge on any atom is 0.293 e. The van der Waals surface area contributed by atoms with Gasteiger partial charge in [-0.1, -0.05) is 84.9 Å². The molecule has 2 saturated heterocycles. The van der Waals surface area contributed by atoms with Crippen LogP contribution in [-0.4, -0.2) is 110 Å². The zero-order valence-corrected chi connectivity index (χ0v) is 71.2. The van der Waals surface area contributed by atoms with Crippen molar-refractivity contribution < 1.29 is 55.2 Å². The zero-order chi connectivity index (χ0) is 86.0. The summed E-state index contributed by atoms with van der Waals surface area (Å²) >= 11 is 0. The van der Waals surface area contributed by atoms with Crippen LogP contribution < -0.4 is 39.4 Å². The number of nitrogens with zero attached hydrogens (tertiary/aromatic N) is 6. The third kappa shape index (κ3) is 18.6. The van der Waals surface area contributed by atoms with Crippen molar-refractivity contribution >= 4 is 88.1 Å². The van der Waals surface area contributed by atoms with Gasteiger partial charge >= 0.3 is 0 Å². The summed E-state index contributed by atoms with van der Waals surface area (Å²) in [6.07, 6.45) is 23.1. The second-order valence-electron chi connectivity index (χ2n) is 34.1. The summed E-state index contributed by atoms with van der Waals surface area (Å²) in [6, 6.07) is 59.4. The van der Waals surface area contributed by atoms with Gasteiger partial charge in [-0.3, -0.25) is 29.8 Å². The maximum atomic E-state index is 14.0. The second-order valence-corrected chi connectivity index (χ2v) is 37.5. The molecule has 6 aliphatic rings. The van der Waals surface area contributed by atoms with Crippen molar-refractivity contribution in [3.63, 3.8) is 0 Å². The highest BCUT2D eigenvalue weighted by Gasteiger charge is 2.38. The molecule has 8 aromatic carbocycles. The number of hydrogen-bond acceptors (Lipinski definition) is 20. The van der Waals surface area contributed by atoms with Gasteiger partial charge in [0, 0.05) is 87.1 Å². The van der Waals surface area contributed by atoms with Crippen LogP contribution in [0.15, 0.2) is 229 Å². The molecule has 0 bridgehead atoms. The summed E-state index contributed by atoms with van der Waals surface area (Å²) in [5, 5.41) is 32.3. The molecule has 4 aromatic heterocycles. The third-order valence-electron chi connectivity index (χ3n) is 25.9. The van der Waals surface area contributed by atoms with Crippen LogP contribution in [0.2, 0.25) is 0 Å². The van der Waals surface area contributed by atoms with E-state index < -0.39 is 62.9 Å². The van der Waals surface area contributed by atoms with Crippen molar-refractivity contribution in [2.45, 2.75) is 161 Å². The highest BCUT2D eigenvalue weighted by Crippen LogP contribution is 2.50. The molecule has 2 aliphatic heterocycles. The van der Waals surface area contributed by atoms with Gasteiger partial charge in [0.05, 0.1) is 66.4 Å². The molecule has 28 heteroatoms. The first-order chi connectivity index (χ1) is 59.9. The number of carbonyl (C=O) groups is 2. The molecule has 6 N–H and O–H groups in total. The van der Waals surface area contributed by atoms with Crippen LogP contribution in [-0.2, 0) is 29.5 Å². The van der Waals surface area contributed by atoms with E-state index in [0.29, 0.717) is 59.8 Å². The number of nitro benzene ring substituents is 2. The SMILES string of the molecule is COC1(C)CCC(CNc2ccc(S(=O)(=O)NC(=O)c3ccc(-c4ccc(N5CCC[C@@H]5c5ccccc5C5CC5)cc4)cc3Oc3cnc4[nH]ccc4c3)cc2[N+](=O)[O-])CC1.COC1(C)CCC(CNc2ccc(S(=O)(=O)NC(=O)c3ccc(-c4ccc(N5CCC[C@@H]5c5ccccc5C5CC5)cc4)cc3Oc3cnc4[nH]ccc4c3)cc2[N+](=O)[O-])CC1. The molecule has 0 spiro atoms. The quantitative estimate of drug-likeness (QED) is 0.0196. The zero-order valence-electron chi connectivity index (χ0n) is 69.6. The van der Waals surface area contributed by atoms with Gasteiger partial charge in [0.1, 0.15) is 45.7 Å². The smallest absolute Gasteiger partial charge is 0.293 e. The minimum absolute atomic E-state index is 0.0535. The summed E-state index contributed by atoms with van der Waals surface area (Å²) in [7, 11) is -5.71. The minimum atomic E-state index is -4.57. The lowest BCUT2D eigenvalue weighted by atomic mass is 9.80. The van der Waals surface area contributed by atoms with E-state index in [1.54, 1.807) is 63.0 Å². The summed E-state index contributed by atoms with van der Waals surface area (Å²) in [6.45, 7) is 7.10. The van der Waals surface area contributed by atoms with Crippen molar-refractivity contribution in [1.82, 2.24) is 29.4 Å². The van der Waals surface area contributed by atoms with Crippen LogP contribution >= 0.6 is 0 Å². The first-order valence-corrected chi connectivity index (χ1v) is 45.6. The van der Waals surface area contributed by atoms with Crippen LogP contribution in [0.3, 0.4) is 0 Å². The fourth-order valence-electron chi connectivity index (χ4n) is 18.1. The van der Waals surface area contributed by atoms with Crippen molar-refractivity contribution in [3.8, 4) is 45.3 Å². The monoisotopic (exact) mass is 1710 g/mol. The van der Waals surface area contributed by atoms with Crippen molar-refractivity contribution in [3.05, 3.63) is 273 Å². The molecule has 2 amide bonds. The van der Waals surface area contributed by atoms with Crippen molar-refractivity contribution in [2.24, 2.45) is 11.8 Å². The standard InChI is InChI=1S/2C48H50N6O7S/c2*1-48(60-2)22-19-31(20-23-48)29-50-42-18-16-38(28-44(42)54(56)57)62(58,59)52-47(55)41-17-13-34(27-45(41)61-37-26-35-21-24-49-46(35)51-30-37)32-11-14-36(15-12-32)53-25-5-8-43(53)40-7-4-3-6-39(40)33-9-10-33/h2*3-4,6-7,11-18,21,24,26-28,30-31,33,43,50H,5,8-10,19-20,22-23,25,29H2,1-2H3,(H,49,51)(H,52,55)/t2*31?,43-,48?/m11/s1. The number of ether oxygens (including phenoxy) is 4. The van der Waals surface area contributed by atoms with E-state index in [0.717, 1.165) is 147 Å². The Labute approximate surface area is 720 Å². The lowest BCUT2D eigenvalue weighted by Gasteiger charge is -2.36. The van der Waals surface area contributed by atoms with Gasteiger partial charge in [-0.05, 0) is 282 Å². The minimum Gasteiger partial charge on any atom is -0.455 e. The Balaban J connectivity index is 0.000000176. The molecule has 26 nitrogen and oxygen atoms in total. The fourth-order valence-corrected chi connectivity index (χ4v) is 20.1. The number of nitro groups is 2. The predicted molar refractivity (Wildman–Crippen MR) is 479 cm³/mol. The van der Waals surface area contributed by atoms with Gasteiger partial charge in [-0.2, -0.15) is 0 Å². The number of rotatable bonds is 28. The van der Waals surface area contributed by atoms with Crippen molar-refractivity contribution in [2.75, 3.05) is 60.8 Å². The molecule has 2 atom stereocenters. The molecule has 4 saturated carbocycles. The van der Waals surface area contributed by atoms with Crippen LogP contribution in [0.5, 0.6) is 23.0 Å². The maximum absolute atomic E-state index is 14.0. The van der Waals surface area contributed by atoms with Gasteiger partial charge in [0.15, 0.2) is 0 Å². The average Bonchev–Trinajstić information content (AvgIpc) is 1.58. The molecule has 124 heavy (non-hydrogen) atoms. The van der Waals surface area contributed by atoms with E-state index in [4.69, 9.17) is 18.9 Å². The summed E-state index contributed by atoms with van der Waals surface area (Å²) in [5.74, 6) is 0.859. The van der Waals surface area contributed by atoms with Crippen LogP contribution in [0.4, 0.5) is 34.1 Å². The Morgan fingerprint density at radius 2 is 0.847 bits per heavy atom. The molecule has 0 radical (unpaired) electrons. The van der Waals surface area contributed by atoms with E-state index in [-0.39, 0.29) is 57.0 Å². The number of hydrogen-bond donors (Lipinski definition) is 6. The molecule has 12 aromatic rings. The molecular formula is C96H100N12O14S2. The number of pyridine rings is 2. The molecule has 0 unspecified atom stereocenters. The van der Waals surface area contributed by atoms with Gasteiger partial charge in [-0.25, -0.2) is 36.2 Å². The topological polar surface area (TPSA) is 338 Å². The molecule has 6 heterocycles. The lowest BCUT2D eigenvalue weighted by molar-refractivity contribution is -0.384. The molecule has 640 valence electrons. The van der Waals surface area contributed by atoms with Gasteiger partial charge < -0.3 is 49.3 Å². The van der Waals surface area contributed by atoms with Gasteiger partial charge in [0.25, 0.3) is 43.2 Å². The van der Waals surface area contributed by atoms with Crippen LogP contribution in [0.25, 0.3) is 44.3 Å². The Kier molecular flexibility index (Phi) is 23.9. The largest absolute Gasteiger partial charge is 0.455 e. The number of fused-ring (bicyclic) bond motifs is 2. The van der Waals surface area contributed by atoms with E-state index in [1.165, 1.54) is 96.7 Å². The van der Waals surface area contributed by atoms with E-state index >= 15 is 0 Å². The Bertz CT molecular complexity index is 5860. The summed E-state index contributed by atoms with van der Waals surface area (Å²) < 4.78 is 83.1. The van der Waals surface area contributed by atoms with Crippen LogP contribution in [0.1, 0.15) is 183 Å². The Hall–Kier alpha value is -12.5. The molecule has 4 aliphatic carbocycles. The number of sulfonamides is 2. The number of carbonyl (C=O) groups excluding carboxylic acids is 2. The number of aromatic nitrogens is 4. The highest BCUT2D eigenvalue weighted by molar-refractivity contribution is 7.90. The average molecular weight is 1710 g/mol. The Morgan fingerprint density at radius 3 is 1.22 bits per heavy atom. The number of methoxy groups -OCH3 is 2. The lowest BCUT2D eigenvalue weighted by Crippen LogP contribution is -2.34. The number of amides is 2. The number of benzene rings is 8. The first-order valence-electron chi connectivity index (χ1n) is 42.6. The number of nitrogens with one attached hydrogen (secondary N) is 6. The number of anilines is 4. The van der Waals surface area contributed by atoms with Gasteiger partial charge in [-0.15, -0.1) is 0 Å². The summed E-state index contributed by atoms with van der Waals surface area (Å²) in [4.78, 5) is 70.1. The summed E-state index contributed by atoms with van der Waals surface area (Å²) in [5.41, 5.74) is 11.8. The molecule has 6 fully saturated rings. The molecular weight excluding hydrogens is 1610 g/mol. The number of aromatic amines is 2. The van der Waals surface area contributed by atoms with Gasteiger partial charge in [0.2, 0.25) is 0 Å². The predicted octanol–water partition coefficient (Wildman–Crippen LogP) is 20.6. The fraction of sp³-hybridized carbons (Fsp3) is 0.333. The molecule has 18 rings (SSSR count). The van der Waals surface area contributed by atoms with Crippen molar-refractivity contribution in [1.29, 1.82) is 0 Å². The normalized spacial score (nSPS) is 20.3. The van der Waals surface area contributed by atoms with Crippen LogP contribution in [0, 0.1) is 32.1 Å². The highest BCUT2D eigenvalue weighted by atomic mass is 32.2.